The van der Waals surface area contributed by atoms with Crippen molar-refractivity contribution in [1.82, 2.24) is 15.1 Å². The van der Waals surface area contributed by atoms with Gasteiger partial charge in [0.15, 0.2) is 5.78 Å². The van der Waals surface area contributed by atoms with Crippen molar-refractivity contribution in [1.29, 1.82) is 0 Å². The minimum atomic E-state index is -0.544. The molecule has 1 atom stereocenters. The second-order valence-corrected chi connectivity index (χ2v) is 5.58. The number of amides is 1. The van der Waals surface area contributed by atoms with Crippen LogP contribution in [-0.2, 0) is 11.8 Å². The fourth-order valence-corrected chi connectivity index (χ4v) is 1.52. The lowest BCUT2D eigenvalue weighted by atomic mass is 10.1. The van der Waals surface area contributed by atoms with Gasteiger partial charge in [0.2, 0.25) is 0 Å². The highest BCUT2D eigenvalue weighted by molar-refractivity contribution is 5.96. The highest BCUT2D eigenvalue weighted by Crippen LogP contribution is 2.08. The number of Topliss-reactive ketones (excluding diaryl/α,β-unsaturated/α-hetero) is 1. The van der Waals surface area contributed by atoms with Gasteiger partial charge in [-0.3, -0.25) is 9.48 Å². The minimum Gasteiger partial charge on any atom is -0.444 e. The van der Waals surface area contributed by atoms with Gasteiger partial charge in [-0.1, -0.05) is 0 Å². The number of hydrogen-bond donors (Lipinski definition) is 1. The molecule has 0 saturated carbocycles. The standard InChI is InChI=1S/C13H21N3O3/c1-9(15-12(18)19-13(2,3)4)6-11(17)10-7-14-16(5)8-10/h7-9H,6H2,1-5H3,(H,15,18). The van der Waals surface area contributed by atoms with Gasteiger partial charge < -0.3 is 10.1 Å². The lowest BCUT2D eigenvalue weighted by Gasteiger charge is -2.21. The molecule has 1 rings (SSSR count). The summed E-state index contributed by atoms with van der Waals surface area (Å²) in [6.45, 7) is 7.13. The number of ketones is 1. The molecule has 19 heavy (non-hydrogen) atoms. The zero-order chi connectivity index (χ0) is 14.6. The highest BCUT2D eigenvalue weighted by atomic mass is 16.6. The number of aryl methyl sites for hydroxylation is 1. The number of nitrogens with zero attached hydrogens (tertiary/aromatic N) is 2. The van der Waals surface area contributed by atoms with Gasteiger partial charge in [0, 0.05) is 25.7 Å². The van der Waals surface area contributed by atoms with E-state index in [4.69, 9.17) is 4.74 Å². The van der Waals surface area contributed by atoms with Gasteiger partial charge in [0.1, 0.15) is 5.60 Å². The fourth-order valence-electron chi connectivity index (χ4n) is 1.52. The van der Waals surface area contributed by atoms with Gasteiger partial charge in [-0.15, -0.1) is 0 Å². The molecule has 0 aliphatic rings. The van der Waals surface area contributed by atoms with Crippen molar-refractivity contribution in [2.75, 3.05) is 0 Å². The summed E-state index contributed by atoms with van der Waals surface area (Å²) in [5.74, 6) is -0.0586. The van der Waals surface area contributed by atoms with Crippen molar-refractivity contribution in [3.63, 3.8) is 0 Å². The first-order chi connectivity index (χ1) is 8.67. The first-order valence-electron chi connectivity index (χ1n) is 6.19. The Morgan fingerprint density at radius 1 is 1.47 bits per heavy atom. The molecular weight excluding hydrogens is 246 g/mol. The third kappa shape index (κ3) is 5.54. The number of aromatic nitrogens is 2. The number of carbonyl (C=O) groups excluding carboxylic acids is 2. The van der Waals surface area contributed by atoms with Crippen molar-refractivity contribution in [3.05, 3.63) is 18.0 Å². The molecule has 0 spiro atoms. The molecule has 0 aliphatic heterocycles. The molecule has 1 unspecified atom stereocenters. The van der Waals surface area contributed by atoms with Crippen LogP contribution < -0.4 is 5.32 Å². The van der Waals surface area contributed by atoms with Crippen molar-refractivity contribution in [2.45, 2.75) is 45.8 Å². The molecule has 0 saturated heterocycles. The Labute approximate surface area is 113 Å². The Bertz CT molecular complexity index is 460. The number of rotatable bonds is 4. The second-order valence-electron chi connectivity index (χ2n) is 5.58. The van der Waals surface area contributed by atoms with E-state index in [-0.39, 0.29) is 18.2 Å². The molecule has 0 aromatic carbocycles. The fraction of sp³-hybridized carbons (Fsp3) is 0.615. The summed E-state index contributed by atoms with van der Waals surface area (Å²) < 4.78 is 6.69. The van der Waals surface area contributed by atoms with Gasteiger partial charge >= 0.3 is 6.09 Å². The van der Waals surface area contributed by atoms with Crippen LogP contribution in [-0.4, -0.2) is 33.3 Å². The minimum absolute atomic E-state index is 0.0586. The van der Waals surface area contributed by atoms with E-state index in [1.54, 1.807) is 45.6 Å². The summed E-state index contributed by atoms with van der Waals surface area (Å²) in [7, 11) is 1.75. The molecule has 1 aromatic rings. The molecular formula is C13H21N3O3. The molecule has 6 nitrogen and oxygen atoms in total. The number of nitrogens with one attached hydrogen (secondary N) is 1. The Kier molecular flexibility index (Phi) is 4.69. The molecule has 1 N–H and O–H groups in total. The zero-order valence-corrected chi connectivity index (χ0v) is 12.1. The van der Waals surface area contributed by atoms with E-state index in [1.165, 1.54) is 6.20 Å². The number of ether oxygens (including phenoxy) is 1. The van der Waals surface area contributed by atoms with E-state index in [0.29, 0.717) is 5.56 Å². The van der Waals surface area contributed by atoms with Crippen LogP contribution in [0.1, 0.15) is 44.5 Å². The first-order valence-corrected chi connectivity index (χ1v) is 6.19. The van der Waals surface area contributed by atoms with Crippen LogP contribution >= 0.6 is 0 Å². The molecule has 0 bridgehead atoms. The lowest BCUT2D eigenvalue weighted by Crippen LogP contribution is -2.38. The van der Waals surface area contributed by atoms with E-state index in [2.05, 4.69) is 10.4 Å². The van der Waals surface area contributed by atoms with Crippen molar-refractivity contribution >= 4 is 11.9 Å². The number of hydrogen-bond acceptors (Lipinski definition) is 4. The topological polar surface area (TPSA) is 73.2 Å². The maximum atomic E-state index is 11.9. The van der Waals surface area contributed by atoms with Crippen LogP contribution in [0.2, 0.25) is 0 Å². The normalized spacial score (nSPS) is 12.9. The van der Waals surface area contributed by atoms with Crippen LogP contribution in [0.25, 0.3) is 0 Å². The Balaban J connectivity index is 2.45. The van der Waals surface area contributed by atoms with Crippen LogP contribution in [0.3, 0.4) is 0 Å². The third-order valence-electron chi connectivity index (χ3n) is 2.28. The largest absolute Gasteiger partial charge is 0.444 e. The molecule has 1 amide bonds. The third-order valence-corrected chi connectivity index (χ3v) is 2.28. The SMILES string of the molecule is CC(CC(=O)c1cnn(C)c1)NC(=O)OC(C)(C)C. The predicted molar refractivity (Wildman–Crippen MR) is 71.0 cm³/mol. The highest BCUT2D eigenvalue weighted by Gasteiger charge is 2.19. The van der Waals surface area contributed by atoms with Gasteiger partial charge in [-0.25, -0.2) is 4.79 Å². The van der Waals surface area contributed by atoms with Crippen molar-refractivity contribution in [2.24, 2.45) is 7.05 Å². The monoisotopic (exact) mass is 267 g/mol. The summed E-state index contributed by atoms with van der Waals surface area (Å²) in [5.41, 5.74) is -0.00250. The molecule has 0 radical (unpaired) electrons. The van der Waals surface area contributed by atoms with Crippen molar-refractivity contribution < 1.29 is 14.3 Å². The van der Waals surface area contributed by atoms with Gasteiger partial charge in [0.25, 0.3) is 0 Å². The number of alkyl carbamates (subject to hydrolysis) is 1. The van der Waals surface area contributed by atoms with E-state index >= 15 is 0 Å². The maximum absolute atomic E-state index is 11.9. The van der Waals surface area contributed by atoms with Crippen molar-refractivity contribution in [3.8, 4) is 0 Å². The maximum Gasteiger partial charge on any atom is 0.407 e. The van der Waals surface area contributed by atoms with Crippen LogP contribution in [0, 0.1) is 0 Å². The van der Waals surface area contributed by atoms with Gasteiger partial charge in [0.05, 0.1) is 11.8 Å². The Morgan fingerprint density at radius 2 is 2.11 bits per heavy atom. The van der Waals surface area contributed by atoms with E-state index in [0.717, 1.165) is 0 Å². The predicted octanol–water partition coefficient (Wildman–Crippen LogP) is 1.91. The first kappa shape index (κ1) is 15.2. The number of carbonyl (C=O) groups is 2. The summed E-state index contributed by atoms with van der Waals surface area (Å²) >= 11 is 0. The van der Waals surface area contributed by atoms with Crippen LogP contribution in [0.15, 0.2) is 12.4 Å². The van der Waals surface area contributed by atoms with E-state index < -0.39 is 11.7 Å². The summed E-state index contributed by atoms with van der Waals surface area (Å²) in [6.07, 6.45) is 2.87. The molecule has 0 aliphatic carbocycles. The van der Waals surface area contributed by atoms with Gasteiger partial charge in [-0.2, -0.15) is 5.10 Å². The van der Waals surface area contributed by atoms with E-state index in [1.807, 2.05) is 0 Å². The van der Waals surface area contributed by atoms with Crippen LogP contribution in [0.4, 0.5) is 4.79 Å². The Morgan fingerprint density at radius 3 is 2.58 bits per heavy atom. The zero-order valence-electron chi connectivity index (χ0n) is 12.1. The molecule has 6 heteroatoms. The van der Waals surface area contributed by atoms with E-state index in [9.17, 15) is 9.59 Å². The second kappa shape index (κ2) is 5.86. The van der Waals surface area contributed by atoms with Crippen LogP contribution in [0.5, 0.6) is 0 Å². The van der Waals surface area contributed by atoms with Gasteiger partial charge in [-0.05, 0) is 27.7 Å². The molecule has 106 valence electrons. The Hall–Kier alpha value is -1.85. The average Bonchev–Trinajstić information content (AvgIpc) is 2.61. The lowest BCUT2D eigenvalue weighted by molar-refractivity contribution is 0.0506. The summed E-state index contributed by atoms with van der Waals surface area (Å²) in [4.78, 5) is 23.4. The summed E-state index contributed by atoms with van der Waals surface area (Å²) in [5, 5.41) is 6.57. The molecule has 1 aromatic heterocycles. The average molecular weight is 267 g/mol. The smallest absolute Gasteiger partial charge is 0.407 e. The quantitative estimate of drug-likeness (QED) is 0.846. The molecule has 0 fully saturated rings. The molecule has 1 heterocycles. The summed E-state index contributed by atoms with van der Waals surface area (Å²) in [6, 6.07) is -0.289.